The van der Waals surface area contributed by atoms with Crippen LogP contribution in [-0.2, 0) is 0 Å². The minimum absolute atomic E-state index is 0.136. The molecule has 0 spiro atoms. The summed E-state index contributed by atoms with van der Waals surface area (Å²) in [7, 11) is 0. The van der Waals surface area contributed by atoms with Gasteiger partial charge in [-0.25, -0.2) is 0 Å². The fraction of sp³-hybridized carbons (Fsp3) is 0.0714. The average Bonchev–Trinajstić information content (AvgIpc) is 2.44. The summed E-state index contributed by atoms with van der Waals surface area (Å²) in [6.45, 7) is 1.85. The number of nitrogens with one attached hydrogen (secondary N) is 1. The normalized spacial score (nSPS) is 10.2. The minimum atomic E-state index is -0.546. The maximum absolute atomic E-state index is 12.1. The lowest BCUT2D eigenvalue weighted by Crippen LogP contribution is -2.12. The van der Waals surface area contributed by atoms with Crippen LogP contribution >= 0.6 is 27.5 Å². The van der Waals surface area contributed by atoms with E-state index in [1.807, 2.05) is 6.92 Å². The van der Waals surface area contributed by atoms with Gasteiger partial charge in [0.15, 0.2) is 0 Å². The molecule has 2 aromatic carbocycles. The van der Waals surface area contributed by atoms with Gasteiger partial charge in [0.2, 0.25) is 0 Å². The molecule has 0 aliphatic rings. The summed E-state index contributed by atoms with van der Waals surface area (Å²) >= 11 is 9.36. The van der Waals surface area contributed by atoms with Gasteiger partial charge in [-0.3, -0.25) is 14.9 Å². The molecule has 0 fully saturated rings. The van der Waals surface area contributed by atoms with Gasteiger partial charge in [0.25, 0.3) is 11.6 Å². The zero-order valence-corrected chi connectivity index (χ0v) is 13.2. The van der Waals surface area contributed by atoms with Crippen molar-refractivity contribution in [1.82, 2.24) is 0 Å². The molecule has 5 nitrogen and oxygen atoms in total. The van der Waals surface area contributed by atoms with Crippen LogP contribution in [0.3, 0.4) is 0 Å². The number of aryl methyl sites for hydroxylation is 1. The number of nitro groups is 1. The number of nitrogens with zero attached hydrogens (tertiary/aromatic N) is 1. The minimum Gasteiger partial charge on any atom is -0.321 e. The molecule has 2 aromatic rings. The summed E-state index contributed by atoms with van der Waals surface area (Å²) < 4.78 is 0.684. The monoisotopic (exact) mass is 368 g/mol. The Morgan fingerprint density at radius 2 is 2.05 bits per heavy atom. The van der Waals surface area contributed by atoms with Gasteiger partial charge in [0.05, 0.1) is 10.6 Å². The molecule has 1 amide bonds. The Bertz CT molecular complexity index is 734. The molecule has 0 bridgehead atoms. The molecular formula is C14H10BrClN2O3. The highest BCUT2D eigenvalue weighted by Gasteiger charge is 2.13. The fourth-order valence-electron chi connectivity index (χ4n) is 1.70. The smallest absolute Gasteiger partial charge is 0.270 e. The van der Waals surface area contributed by atoms with E-state index in [1.165, 1.54) is 24.3 Å². The molecule has 0 atom stereocenters. The van der Waals surface area contributed by atoms with Gasteiger partial charge >= 0.3 is 0 Å². The number of hydrogen-bond acceptors (Lipinski definition) is 3. The lowest BCUT2D eigenvalue weighted by Gasteiger charge is -2.09. The molecule has 0 aliphatic carbocycles. The van der Waals surface area contributed by atoms with E-state index in [1.54, 1.807) is 12.1 Å². The molecule has 0 radical (unpaired) electrons. The Morgan fingerprint density at radius 3 is 2.71 bits per heavy atom. The number of carbonyl (C=O) groups excluding carboxylic acids is 1. The van der Waals surface area contributed by atoms with Crippen LogP contribution in [0.1, 0.15) is 15.9 Å². The first-order valence-corrected chi connectivity index (χ1v) is 7.07. The largest absolute Gasteiger partial charge is 0.321 e. The van der Waals surface area contributed by atoms with Gasteiger partial charge in [-0.15, -0.1) is 0 Å². The van der Waals surface area contributed by atoms with Crippen LogP contribution in [0.4, 0.5) is 11.4 Å². The predicted molar refractivity (Wildman–Crippen MR) is 84.9 cm³/mol. The molecule has 0 saturated heterocycles. The first-order chi connectivity index (χ1) is 9.88. The average molecular weight is 370 g/mol. The standard InChI is InChI=1S/C14H10BrClN2O3/c1-8-5-11(15)13(7-12(8)16)17-14(19)9-3-2-4-10(6-9)18(20)21/h2-7H,1H3,(H,17,19). The first-order valence-electron chi connectivity index (χ1n) is 5.90. The zero-order chi connectivity index (χ0) is 15.6. The zero-order valence-electron chi connectivity index (χ0n) is 10.9. The quantitative estimate of drug-likeness (QED) is 0.636. The molecule has 1 N–H and O–H groups in total. The van der Waals surface area contributed by atoms with E-state index >= 15 is 0 Å². The third kappa shape index (κ3) is 3.59. The molecule has 0 saturated carbocycles. The van der Waals surface area contributed by atoms with Gasteiger partial charge in [-0.2, -0.15) is 0 Å². The Balaban J connectivity index is 2.28. The second kappa shape index (κ2) is 6.24. The Labute approximate surface area is 134 Å². The summed E-state index contributed by atoms with van der Waals surface area (Å²) in [5.74, 6) is -0.445. The molecule has 0 unspecified atom stereocenters. The van der Waals surface area contributed by atoms with Gasteiger partial charge in [-0.05, 0) is 46.6 Å². The lowest BCUT2D eigenvalue weighted by molar-refractivity contribution is -0.384. The molecule has 0 aliphatic heterocycles. The van der Waals surface area contributed by atoms with E-state index in [0.717, 1.165) is 5.56 Å². The van der Waals surface area contributed by atoms with Crippen molar-refractivity contribution in [1.29, 1.82) is 0 Å². The second-order valence-electron chi connectivity index (χ2n) is 4.34. The summed E-state index contributed by atoms with van der Waals surface area (Å²) in [5, 5.41) is 13.9. The number of carbonyl (C=O) groups is 1. The number of halogens is 2. The Hall–Kier alpha value is -1.92. The van der Waals surface area contributed by atoms with Crippen molar-refractivity contribution in [2.75, 3.05) is 5.32 Å². The number of rotatable bonds is 3. The van der Waals surface area contributed by atoms with Crippen molar-refractivity contribution in [3.8, 4) is 0 Å². The maximum Gasteiger partial charge on any atom is 0.270 e. The number of hydrogen-bond donors (Lipinski definition) is 1. The fourth-order valence-corrected chi connectivity index (χ4v) is 2.42. The predicted octanol–water partition coefficient (Wildman–Crippen LogP) is 4.57. The topological polar surface area (TPSA) is 72.2 Å². The highest BCUT2D eigenvalue weighted by Crippen LogP contribution is 2.29. The van der Waals surface area contributed by atoms with Gasteiger partial charge in [0.1, 0.15) is 0 Å². The van der Waals surface area contributed by atoms with Gasteiger partial charge in [-0.1, -0.05) is 17.7 Å². The molecule has 2 rings (SSSR count). The van der Waals surface area contributed by atoms with Gasteiger partial charge in [0, 0.05) is 27.2 Å². The van der Waals surface area contributed by atoms with E-state index < -0.39 is 10.8 Å². The third-order valence-corrected chi connectivity index (χ3v) is 3.88. The van der Waals surface area contributed by atoms with Crippen LogP contribution in [0.15, 0.2) is 40.9 Å². The Kier molecular flexibility index (Phi) is 4.59. The van der Waals surface area contributed by atoms with Crippen LogP contribution in [-0.4, -0.2) is 10.8 Å². The van der Waals surface area contributed by atoms with Crippen LogP contribution in [0, 0.1) is 17.0 Å². The number of anilines is 1. The van der Waals surface area contributed by atoms with Crippen molar-refractivity contribution in [3.05, 3.63) is 67.1 Å². The highest BCUT2D eigenvalue weighted by molar-refractivity contribution is 9.10. The molecule has 21 heavy (non-hydrogen) atoms. The van der Waals surface area contributed by atoms with Crippen molar-refractivity contribution < 1.29 is 9.72 Å². The van der Waals surface area contributed by atoms with Crippen molar-refractivity contribution >= 4 is 44.8 Å². The molecule has 7 heteroatoms. The Morgan fingerprint density at radius 1 is 1.33 bits per heavy atom. The SMILES string of the molecule is Cc1cc(Br)c(NC(=O)c2cccc([N+](=O)[O-])c2)cc1Cl. The molecule has 0 aromatic heterocycles. The maximum atomic E-state index is 12.1. The summed E-state index contributed by atoms with van der Waals surface area (Å²) in [4.78, 5) is 22.3. The summed E-state index contributed by atoms with van der Waals surface area (Å²) in [5.41, 5.74) is 1.44. The second-order valence-corrected chi connectivity index (χ2v) is 5.60. The summed E-state index contributed by atoms with van der Waals surface area (Å²) in [6.07, 6.45) is 0. The third-order valence-electron chi connectivity index (χ3n) is 2.82. The van der Waals surface area contributed by atoms with E-state index in [0.29, 0.717) is 15.2 Å². The number of benzene rings is 2. The number of nitro benzene ring substituents is 1. The van der Waals surface area contributed by atoms with Crippen LogP contribution in [0.25, 0.3) is 0 Å². The van der Waals surface area contributed by atoms with Gasteiger partial charge < -0.3 is 5.32 Å². The molecular weight excluding hydrogens is 360 g/mol. The first kappa shape index (κ1) is 15.5. The highest BCUT2D eigenvalue weighted by atomic mass is 79.9. The number of amides is 1. The van der Waals surface area contributed by atoms with E-state index in [4.69, 9.17) is 11.6 Å². The summed E-state index contributed by atoms with van der Waals surface area (Å²) in [6, 6.07) is 8.92. The van der Waals surface area contributed by atoms with Crippen LogP contribution < -0.4 is 5.32 Å². The number of non-ortho nitro benzene ring substituents is 1. The van der Waals surface area contributed by atoms with Crippen LogP contribution in [0.2, 0.25) is 5.02 Å². The molecule has 108 valence electrons. The van der Waals surface area contributed by atoms with E-state index in [2.05, 4.69) is 21.2 Å². The van der Waals surface area contributed by atoms with Crippen molar-refractivity contribution in [3.63, 3.8) is 0 Å². The van der Waals surface area contributed by atoms with Crippen LogP contribution in [0.5, 0.6) is 0 Å². The van der Waals surface area contributed by atoms with E-state index in [9.17, 15) is 14.9 Å². The molecule has 0 heterocycles. The van der Waals surface area contributed by atoms with E-state index in [-0.39, 0.29) is 11.3 Å². The van der Waals surface area contributed by atoms with Crippen molar-refractivity contribution in [2.45, 2.75) is 6.92 Å². The van der Waals surface area contributed by atoms with Crippen molar-refractivity contribution in [2.24, 2.45) is 0 Å². The lowest BCUT2D eigenvalue weighted by atomic mass is 10.1.